The number of hydrogen-bond donors (Lipinski definition) is 1. The zero-order valence-corrected chi connectivity index (χ0v) is 9.26. The topological polar surface area (TPSA) is 20.2 Å². The van der Waals surface area contributed by atoms with Crippen LogP contribution in [0.2, 0.25) is 10.0 Å². The lowest BCUT2D eigenvalue weighted by Gasteiger charge is -2.05. The van der Waals surface area contributed by atoms with Crippen LogP contribution in [0.1, 0.15) is 0 Å². The van der Waals surface area contributed by atoms with E-state index in [4.69, 9.17) is 23.2 Å². The highest BCUT2D eigenvalue weighted by Crippen LogP contribution is 2.31. The van der Waals surface area contributed by atoms with Crippen molar-refractivity contribution in [2.24, 2.45) is 0 Å². The van der Waals surface area contributed by atoms with Gasteiger partial charge in [0, 0.05) is 15.6 Å². The molecule has 2 rings (SSSR count). The Morgan fingerprint density at radius 3 is 2.20 bits per heavy atom. The smallest absolute Gasteiger partial charge is 0.116 e. The van der Waals surface area contributed by atoms with Crippen LogP contribution >= 0.6 is 23.2 Å². The Balaban J connectivity index is 2.53. The molecule has 0 spiro atoms. The van der Waals surface area contributed by atoms with Gasteiger partial charge in [0.25, 0.3) is 0 Å². The summed E-state index contributed by atoms with van der Waals surface area (Å²) >= 11 is 11.8. The molecule has 0 aliphatic heterocycles. The third-order valence-corrected chi connectivity index (χ3v) is 2.69. The normalized spacial score (nSPS) is 10.3. The summed E-state index contributed by atoms with van der Waals surface area (Å²) in [6.45, 7) is 0. The lowest BCUT2D eigenvalue weighted by molar-refractivity contribution is 0.475. The monoisotopic (exact) mass is 238 g/mol. The molecule has 0 aliphatic carbocycles. The molecule has 0 unspecified atom stereocenters. The van der Waals surface area contributed by atoms with E-state index >= 15 is 0 Å². The zero-order valence-electron chi connectivity index (χ0n) is 7.74. The largest absolute Gasteiger partial charge is 0.508 e. The lowest BCUT2D eigenvalue weighted by atomic mass is 10.1. The van der Waals surface area contributed by atoms with Gasteiger partial charge < -0.3 is 5.11 Å². The van der Waals surface area contributed by atoms with E-state index < -0.39 is 0 Å². The van der Waals surface area contributed by atoms with Crippen LogP contribution in [0.4, 0.5) is 0 Å². The van der Waals surface area contributed by atoms with Crippen LogP contribution in [0.3, 0.4) is 0 Å². The Morgan fingerprint density at radius 1 is 0.867 bits per heavy atom. The van der Waals surface area contributed by atoms with E-state index in [0.717, 1.165) is 11.1 Å². The van der Waals surface area contributed by atoms with E-state index in [-0.39, 0.29) is 5.75 Å². The van der Waals surface area contributed by atoms with Gasteiger partial charge in [-0.2, -0.15) is 0 Å². The summed E-state index contributed by atoms with van der Waals surface area (Å²) in [5.41, 5.74) is 1.73. The predicted molar refractivity (Wildman–Crippen MR) is 63.6 cm³/mol. The second kappa shape index (κ2) is 4.13. The maximum atomic E-state index is 9.37. The van der Waals surface area contributed by atoms with Crippen molar-refractivity contribution in [3.8, 4) is 16.9 Å². The minimum Gasteiger partial charge on any atom is -0.508 e. The fourth-order valence-corrected chi connectivity index (χ4v) is 1.72. The van der Waals surface area contributed by atoms with E-state index in [1.807, 2.05) is 12.1 Å². The minimum absolute atomic E-state index is 0.198. The molecule has 0 aromatic heterocycles. The Morgan fingerprint density at radius 2 is 1.53 bits per heavy atom. The summed E-state index contributed by atoms with van der Waals surface area (Å²) in [5.74, 6) is 0.198. The Hall–Kier alpha value is -1.18. The zero-order chi connectivity index (χ0) is 10.8. The molecular formula is C12H8Cl2O. The molecule has 0 radical (unpaired) electrons. The van der Waals surface area contributed by atoms with Gasteiger partial charge in [-0.05, 0) is 35.9 Å². The van der Waals surface area contributed by atoms with Crippen LogP contribution in [0.5, 0.6) is 5.75 Å². The van der Waals surface area contributed by atoms with Gasteiger partial charge in [-0.25, -0.2) is 0 Å². The second-order valence-electron chi connectivity index (χ2n) is 3.17. The van der Waals surface area contributed by atoms with Crippen LogP contribution in [-0.2, 0) is 0 Å². The maximum Gasteiger partial charge on any atom is 0.116 e. The van der Waals surface area contributed by atoms with Crippen molar-refractivity contribution in [2.45, 2.75) is 0 Å². The molecular weight excluding hydrogens is 231 g/mol. The third kappa shape index (κ3) is 2.25. The first-order valence-electron chi connectivity index (χ1n) is 4.41. The van der Waals surface area contributed by atoms with Gasteiger partial charge in [-0.1, -0.05) is 35.3 Å². The van der Waals surface area contributed by atoms with Crippen molar-refractivity contribution >= 4 is 23.2 Å². The number of aromatic hydroxyl groups is 1. The highest BCUT2D eigenvalue weighted by molar-refractivity contribution is 6.33. The Labute approximate surface area is 97.9 Å². The quantitative estimate of drug-likeness (QED) is 0.783. The molecule has 0 amide bonds. The maximum absolute atomic E-state index is 9.37. The second-order valence-corrected chi connectivity index (χ2v) is 4.01. The molecule has 3 heteroatoms. The van der Waals surface area contributed by atoms with Crippen molar-refractivity contribution in [1.82, 2.24) is 0 Å². The first kappa shape index (κ1) is 10.3. The van der Waals surface area contributed by atoms with Gasteiger partial charge in [-0.3, -0.25) is 0 Å². The summed E-state index contributed by atoms with van der Waals surface area (Å²) in [5, 5.41) is 10.7. The molecule has 0 atom stereocenters. The molecule has 15 heavy (non-hydrogen) atoms. The Bertz CT molecular complexity index is 477. The molecule has 1 nitrogen and oxygen atoms in total. The van der Waals surface area contributed by atoms with Crippen LogP contribution in [0.15, 0.2) is 42.5 Å². The summed E-state index contributed by atoms with van der Waals surface area (Å²) in [6.07, 6.45) is 0. The Kier molecular flexibility index (Phi) is 2.85. The number of phenols is 1. The van der Waals surface area contributed by atoms with Gasteiger partial charge in [0.15, 0.2) is 0 Å². The van der Waals surface area contributed by atoms with E-state index in [2.05, 4.69) is 0 Å². The van der Waals surface area contributed by atoms with Crippen LogP contribution in [-0.4, -0.2) is 5.11 Å². The molecule has 1 N–H and O–H groups in total. The molecule has 0 aliphatic rings. The average molecular weight is 239 g/mol. The lowest BCUT2D eigenvalue weighted by Crippen LogP contribution is -1.79. The summed E-state index contributed by atoms with van der Waals surface area (Å²) in [7, 11) is 0. The van der Waals surface area contributed by atoms with Crippen molar-refractivity contribution < 1.29 is 5.11 Å². The highest BCUT2D eigenvalue weighted by Gasteiger charge is 2.04. The van der Waals surface area contributed by atoms with Gasteiger partial charge in [0.1, 0.15) is 5.75 Å². The SMILES string of the molecule is Oc1ccc(Cl)c(-c2ccc(Cl)cc2)c1. The van der Waals surface area contributed by atoms with Crippen LogP contribution in [0, 0.1) is 0 Å². The first-order valence-corrected chi connectivity index (χ1v) is 5.17. The van der Waals surface area contributed by atoms with Crippen LogP contribution in [0.25, 0.3) is 11.1 Å². The van der Waals surface area contributed by atoms with Gasteiger partial charge in [-0.15, -0.1) is 0 Å². The van der Waals surface area contributed by atoms with E-state index in [0.29, 0.717) is 10.0 Å². The fraction of sp³-hybridized carbons (Fsp3) is 0. The summed E-state index contributed by atoms with van der Waals surface area (Å²) < 4.78 is 0. The first-order chi connectivity index (χ1) is 7.16. The molecule has 0 saturated heterocycles. The van der Waals surface area contributed by atoms with Crippen LogP contribution < -0.4 is 0 Å². The third-order valence-electron chi connectivity index (χ3n) is 2.11. The number of phenolic OH excluding ortho intramolecular Hbond substituents is 1. The van der Waals surface area contributed by atoms with Gasteiger partial charge >= 0.3 is 0 Å². The van der Waals surface area contributed by atoms with E-state index in [9.17, 15) is 5.11 Å². The molecule has 2 aromatic rings. The molecule has 2 aromatic carbocycles. The van der Waals surface area contributed by atoms with Crippen molar-refractivity contribution in [1.29, 1.82) is 0 Å². The summed E-state index contributed by atoms with van der Waals surface area (Å²) in [4.78, 5) is 0. The number of hydrogen-bond acceptors (Lipinski definition) is 1. The van der Waals surface area contributed by atoms with Crippen molar-refractivity contribution in [3.63, 3.8) is 0 Å². The molecule has 0 bridgehead atoms. The van der Waals surface area contributed by atoms with E-state index in [1.54, 1.807) is 30.3 Å². The average Bonchev–Trinajstić information content (AvgIpc) is 2.23. The standard InChI is InChI=1S/C12H8Cl2O/c13-9-3-1-8(2-4-9)11-7-10(15)5-6-12(11)14/h1-7,15H. The number of benzene rings is 2. The van der Waals surface area contributed by atoms with Crippen molar-refractivity contribution in [2.75, 3.05) is 0 Å². The highest BCUT2D eigenvalue weighted by atomic mass is 35.5. The molecule has 0 fully saturated rings. The van der Waals surface area contributed by atoms with E-state index in [1.165, 1.54) is 0 Å². The predicted octanol–water partition coefficient (Wildman–Crippen LogP) is 4.37. The number of halogens is 2. The minimum atomic E-state index is 0.198. The fourth-order valence-electron chi connectivity index (χ4n) is 1.36. The molecule has 0 saturated carbocycles. The molecule has 0 heterocycles. The number of rotatable bonds is 1. The molecule has 76 valence electrons. The van der Waals surface area contributed by atoms with Gasteiger partial charge in [0.2, 0.25) is 0 Å². The summed E-state index contributed by atoms with van der Waals surface area (Å²) in [6, 6.07) is 12.2. The van der Waals surface area contributed by atoms with Gasteiger partial charge in [0.05, 0.1) is 0 Å². The van der Waals surface area contributed by atoms with Crippen molar-refractivity contribution in [3.05, 3.63) is 52.5 Å².